The third kappa shape index (κ3) is 13.7. The molecule has 16 nitrogen and oxygen atoms in total. The Labute approximate surface area is 453 Å². The second-order valence-corrected chi connectivity index (χ2v) is 20.2. The summed E-state index contributed by atoms with van der Waals surface area (Å²) >= 11 is 0. The smallest absolute Gasteiger partial charge is 0.415 e. The summed E-state index contributed by atoms with van der Waals surface area (Å²) in [7, 11) is 3.14. The van der Waals surface area contributed by atoms with Gasteiger partial charge < -0.3 is 39.6 Å². The van der Waals surface area contributed by atoms with Crippen molar-refractivity contribution in [1.29, 1.82) is 0 Å². The predicted molar refractivity (Wildman–Crippen MR) is 292 cm³/mol. The molecule has 0 atom stereocenters. The highest BCUT2D eigenvalue weighted by Crippen LogP contribution is 2.37. The Hall–Kier alpha value is -8.81. The van der Waals surface area contributed by atoms with Gasteiger partial charge in [0, 0.05) is 46.5 Å². The lowest BCUT2D eigenvalue weighted by Crippen LogP contribution is -2.40. The van der Waals surface area contributed by atoms with Gasteiger partial charge in [-0.25, -0.2) is 32.3 Å². The minimum atomic E-state index is -2.84. The summed E-state index contributed by atoms with van der Waals surface area (Å²) in [4.78, 5) is 48.3. The fourth-order valence-electron chi connectivity index (χ4n) is 8.58. The van der Waals surface area contributed by atoms with Crippen LogP contribution in [-0.2, 0) is 4.74 Å². The molecule has 2 aliphatic carbocycles. The number of amides is 3. The van der Waals surface area contributed by atoms with Crippen molar-refractivity contribution in [3.05, 3.63) is 144 Å². The van der Waals surface area contributed by atoms with Crippen molar-refractivity contribution in [3.8, 4) is 57.0 Å². The van der Waals surface area contributed by atoms with Crippen LogP contribution in [0, 0.1) is 13.8 Å². The van der Waals surface area contributed by atoms with E-state index >= 15 is 0 Å². The number of rotatable bonds is 18. The summed E-state index contributed by atoms with van der Waals surface area (Å²) in [6.07, 6.45) is 4.40. The zero-order chi connectivity index (χ0) is 56.1. The lowest BCUT2D eigenvalue weighted by atomic mass is 10.0. The molecule has 10 rings (SSSR count). The van der Waals surface area contributed by atoms with Gasteiger partial charge in [0.15, 0.2) is 11.3 Å². The van der Waals surface area contributed by atoms with Gasteiger partial charge in [-0.15, -0.1) is 0 Å². The van der Waals surface area contributed by atoms with E-state index in [0.717, 1.165) is 58.5 Å². The zero-order valence-electron chi connectivity index (χ0n) is 44.6. The third-order valence-electron chi connectivity index (χ3n) is 12.8. The molecule has 3 amide bonds. The Kier molecular flexibility index (Phi) is 16.3. The monoisotopic (exact) mass is 1080 g/mol. The summed E-state index contributed by atoms with van der Waals surface area (Å²) in [5.41, 5.74) is 6.04. The molecular weight excluding hydrogens is 1020 g/mol. The summed E-state index contributed by atoms with van der Waals surface area (Å²) in [6, 6.07) is 28.6. The van der Waals surface area contributed by atoms with Crippen LogP contribution in [0.4, 0.5) is 33.7 Å². The molecule has 0 aliphatic heterocycles. The van der Waals surface area contributed by atoms with Crippen molar-refractivity contribution in [2.45, 2.75) is 90.8 Å². The number of aryl methyl sites for hydroxylation is 2. The number of alkyl halides is 4. The number of imidazole rings is 2. The van der Waals surface area contributed by atoms with Crippen molar-refractivity contribution in [2.24, 2.45) is 0 Å². The van der Waals surface area contributed by atoms with Crippen LogP contribution in [0.1, 0.15) is 78.3 Å². The molecule has 0 unspecified atom stereocenters. The molecule has 0 spiro atoms. The standard InChI is InChI=1S/C32H34F2N4O5.C27H26F2N4O3/c1-19-14-20(6-13-25(19)30(39)36-21-7-8-21)27-16-35-29-26(38(18-28(33)34)31(40)43-32(2,3)4)15-24(17-37(27)29)42-23-11-9-22(41-5)10-12-23;1-16-11-17(3-10-22(16)27(34)32-18-4-5-18)24-13-31-26-23(30-14-25(28)29)12-21(15-33(24)26)36-20-8-6-19(35-2)7-9-20/h6,9-17,21,28H,7-8,18H2,1-5H3,(H,36,39);3,6-13,15,18,25,30H,4-5,14H2,1-2H3,(H,32,34). The van der Waals surface area contributed by atoms with E-state index in [1.807, 2.05) is 32.0 Å². The normalized spacial score (nSPS) is 13.2. The van der Waals surface area contributed by atoms with Gasteiger partial charge in [-0.2, -0.15) is 0 Å². The number of carbonyl (C=O) groups is 3. The summed E-state index contributed by atoms with van der Waals surface area (Å²) < 4.78 is 85.1. The van der Waals surface area contributed by atoms with E-state index in [-0.39, 0.29) is 41.0 Å². The van der Waals surface area contributed by atoms with Crippen molar-refractivity contribution >= 4 is 40.6 Å². The molecular formula is C59H60F4N8O8. The Balaban J connectivity index is 0.000000195. The minimum absolute atomic E-state index is 0.0756. The molecule has 0 bridgehead atoms. The molecule has 0 saturated heterocycles. The maximum atomic E-state index is 13.8. The average molecular weight is 1090 g/mol. The molecule has 79 heavy (non-hydrogen) atoms. The molecule has 4 aromatic carbocycles. The number of halogens is 4. The molecule has 0 radical (unpaired) electrons. The fraction of sp³-hybridized carbons (Fsp3) is 0.305. The highest BCUT2D eigenvalue weighted by molar-refractivity contribution is 5.98. The molecule has 2 aliphatic rings. The SMILES string of the molecule is COc1ccc(Oc2cc(N(CC(F)F)C(=O)OC(C)(C)C)c3ncc(-c4ccc(C(=O)NC5CC5)c(C)c4)n3c2)cc1.COc1ccc(Oc2cc(NCC(F)F)c3ncc(-c4ccc(C(=O)NC5CC5)c(C)c4)n3c2)cc1. The first-order chi connectivity index (χ1) is 37.8. The molecule has 3 N–H and O–H groups in total. The molecule has 20 heteroatoms. The van der Waals surface area contributed by atoms with Crippen molar-refractivity contribution in [3.63, 3.8) is 0 Å². The van der Waals surface area contributed by atoms with E-state index in [9.17, 15) is 31.9 Å². The maximum absolute atomic E-state index is 13.8. The summed E-state index contributed by atoms with van der Waals surface area (Å²) in [5, 5.41) is 8.79. The second-order valence-electron chi connectivity index (χ2n) is 20.2. The van der Waals surface area contributed by atoms with Crippen LogP contribution in [0.3, 0.4) is 0 Å². The van der Waals surface area contributed by atoms with E-state index in [1.165, 1.54) is 6.07 Å². The first kappa shape index (κ1) is 55.0. The van der Waals surface area contributed by atoms with Gasteiger partial charge in [0.1, 0.15) is 40.1 Å². The van der Waals surface area contributed by atoms with E-state index < -0.39 is 37.6 Å². The number of hydrogen-bond acceptors (Lipinski definition) is 11. The van der Waals surface area contributed by atoms with Gasteiger partial charge in [0.05, 0.1) is 74.9 Å². The topological polar surface area (TPSA) is 171 Å². The number of anilines is 2. The van der Waals surface area contributed by atoms with E-state index in [0.29, 0.717) is 56.9 Å². The first-order valence-electron chi connectivity index (χ1n) is 25.6. The van der Waals surface area contributed by atoms with Crippen molar-refractivity contribution < 1.29 is 55.6 Å². The molecule has 2 saturated carbocycles. The molecule has 4 aromatic heterocycles. The van der Waals surface area contributed by atoms with Crippen LogP contribution < -0.4 is 39.8 Å². The largest absolute Gasteiger partial charge is 0.497 e. The predicted octanol–water partition coefficient (Wildman–Crippen LogP) is 12.7. The highest BCUT2D eigenvalue weighted by atomic mass is 19.3. The van der Waals surface area contributed by atoms with Crippen LogP contribution in [0.25, 0.3) is 33.8 Å². The third-order valence-corrected chi connectivity index (χ3v) is 12.8. The second kappa shape index (κ2) is 23.4. The van der Waals surface area contributed by atoms with Gasteiger partial charge in [0.25, 0.3) is 24.7 Å². The molecule has 4 heterocycles. The number of ether oxygens (including phenoxy) is 5. The summed E-state index contributed by atoms with van der Waals surface area (Å²) in [5.74, 6) is 2.88. The number of nitrogens with zero attached hydrogens (tertiary/aromatic N) is 5. The van der Waals surface area contributed by atoms with E-state index in [4.69, 9.17) is 23.7 Å². The van der Waals surface area contributed by atoms with E-state index in [1.54, 1.807) is 141 Å². The fourth-order valence-corrected chi connectivity index (χ4v) is 8.58. The van der Waals surface area contributed by atoms with Crippen LogP contribution in [0.15, 0.2) is 122 Å². The van der Waals surface area contributed by atoms with Crippen molar-refractivity contribution in [2.75, 3.05) is 37.5 Å². The van der Waals surface area contributed by atoms with Crippen LogP contribution >= 0.6 is 0 Å². The van der Waals surface area contributed by atoms with Crippen LogP contribution in [0.2, 0.25) is 0 Å². The Morgan fingerprint density at radius 1 is 0.620 bits per heavy atom. The Morgan fingerprint density at radius 3 is 1.51 bits per heavy atom. The number of methoxy groups -OCH3 is 2. The zero-order valence-corrected chi connectivity index (χ0v) is 44.6. The summed E-state index contributed by atoms with van der Waals surface area (Å²) in [6.45, 7) is 7.29. The van der Waals surface area contributed by atoms with Gasteiger partial charge in [-0.05, 0) is 144 Å². The van der Waals surface area contributed by atoms with Crippen LogP contribution in [-0.4, -0.2) is 94.5 Å². The number of hydrogen-bond donors (Lipinski definition) is 3. The number of pyridine rings is 2. The van der Waals surface area contributed by atoms with Gasteiger partial charge in [0.2, 0.25) is 0 Å². The maximum Gasteiger partial charge on any atom is 0.415 e. The number of carbonyl (C=O) groups excluding carboxylic acids is 3. The van der Waals surface area contributed by atoms with Gasteiger partial charge in [-0.3, -0.25) is 23.3 Å². The highest BCUT2D eigenvalue weighted by Gasteiger charge is 2.30. The van der Waals surface area contributed by atoms with Gasteiger partial charge >= 0.3 is 6.09 Å². The number of benzene rings is 4. The average Bonchev–Trinajstić information content (AvgIpc) is 4.54. The molecule has 412 valence electrons. The Bertz CT molecular complexity index is 3500. The van der Waals surface area contributed by atoms with Crippen molar-refractivity contribution in [1.82, 2.24) is 29.4 Å². The minimum Gasteiger partial charge on any atom is -0.497 e. The number of fused-ring (bicyclic) bond motifs is 2. The lowest BCUT2D eigenvalue weighted by Gasteiger charge is -2.27. The molecule has 2 fully saturated rings. The molecule has 8 aromatic rings. The van der Waals surface area contributed by atoms with E-state index in [2.05, 4.69) is 25.9 Å². The van der Waals surface area contributed by atoms with Crippen LogP contribution in [0.5, 0.6) is 34.5 Å². The van der Waals surface area contributed by atoms with Gasteiger partial charge in [-0.1, -0.05) is 12.1 Å². The Morgan fingerprint density at radius 2 is 1.08 bits per heavy atom. The quantitative estimate of drug-likeness (QED) is 0.0699. The first-order valence-corrected chi connectivity index (χ1v) is 25.6. The number of nitrogens with one attached hydrogen (secondary N) is 3. The lowest BCUT2D eigenvalue weighted by molar-refractivity contribution is 0.0543. The number of aromatic nitrogens is 4.